The van der Waals surface area contributed by atoms with Gasteiger partial charge in [-0.15, -0.1) is 0 Å². The fourth-order valence-electron chi connectivity index (χ4n) is 1.94. The average molecular weight is 288 g/mol. The van der Waals surface area contributed by atoms with Crippen LogP contribution in [-0.4, -0.2) is 64.6 Å². The molecule has 1 rings (SSSR count). The summed E-state index contributed by atoms with van der Waals surface area (Å²) in [6.07, 6.45) is -0.0977. The Labute approximate surface area is 118 Å². The minimum atomic E-state index is -1.01. The van der Waals surface area contributed by atoms with Gasteiger partial charge in [-0.2, -0.15) is 0 Å². The highest BCUT2D eigenvalue weighted by atomic mass is 16.6. The number of ether oxygens (including phenoxy) is 1. The van der Waals surface area contributed by atoms with Gasteiger partial charge in [0.15, 0.2) is 0 Å². The maximum Gasteiger partial charge on any atom is 0.408 e. The van der Waals surface area contributed by atoms with Crippen LogP contribution in [0.4, 0.5) is 4.79 Å². The zero-order valence-electron chi connectivity index (χ0n) is 12.3. The summed E-state index contributed by atoms with van der Waals surface area (Å²) < 4.78 is 5.05. The fourth-order valence-corrected chi connectivity index (χ4v) is 1.94. The van der Waals surface area contributed by atoms with Crippen LogP contribution in [0.2, 0.25) is 0 Å². The largest absolute Gasteiger partial charge is 0.444 e. The molecule has 1 heterocycles. The Morgan fingerprint density at radius 2 is 1.90 bits per heavy atom. The van der Waals surface area contributed by atoms with Gasteiger partial charge in [-0.25, -0.2) is 4.79 Å². The van der Waals surface area contributed by atoms with E-state index in [0.29, 0.717) is 25.9 Å². The number of carbonyl (C=O) groups excluding carboxylic acids is 2. The first-order chi connectivity index (χ1) is 9.23. The van der Waals surface area contributed by atoms with Crippen molar-refractivity contribution in [1.82, 2.24) is 10.2 Å². The molecule has 0 bridgehead atoms. The molecule has 1 aliphatic rings. The number of aliphatic hydroxyl groups excluding tert-OH is 2. The van der Waals surface area contributed by atoms with Crippen molar-refractivity contribution in [3.05, 3.63) is 0 Å². The molecule has 0 aromatic carbocycles. The van der Waals surface area contributed by atoms with Crippen molar-refractivity contribution in [2.24, 2.45) is 0 Å². The Morgan fingerprint density at radius 1 is 1.35 bits per heavy atom. The van der Waals surface area contributed by atoms with Gasteiger partial charge in [0.25, 0.3) is 0 Å². The third-order valence-electron chi connectivity index (χ3n) is 2.95. The van der Waals surface area contributed by atoms with Gasteiger partial charge in [0.1, 0.15) is 11.6 Å². The van der Waals surface area contributed by atoms with Gasteiger partial charge in [0.2, 0.25) is 5.91 Å². The molecule has 0 unspecified atom stereocenters. The Balaban J connectivity index is 2.53. The summed E-state index contributed by atoms with van der Waals surface area (Å²) in [5.74, 6) is -0.356. The summed E-state index contributed by atoms with van der Waals surface area (Å²) in [7, 11) is 0. The molecule has 2 amide bonds. The van der Waals surface area contributed by atoms with Crippen LogP contribution in [0, 0.1) is 0 Å². The Bertz CT molecular complexity index is 345. The number of nitrogens with zero attached hydrogens (tertiary/aromatic N) is 1. The van der Waals surface area contributed by atoms with Crippen LogP contribution >= 0.6 is 0 Å². The van der Waals surface area contributed by atoms with Crippen LogP contribution in [0.5, 0.6) is 0 Å². The van der Waals surface area contributed by atoms with E-state index < -0.39 is 24.3 Å². The molecule has 0 aromatic rings. The first-order valence-corrected chi connectivity index (χ1v) is 6.80. The van der Waals surface area contributed by atoms with Gasteiger partial charge >= 0.3 is 6.09 Å². The molecule has 7 nitrogen and oxygen atoms in total. The molecule has 116 valence electrons. The lowest BCUT2D eigenvalue weighted by Gasteiger charge is -2.32. The van der Waals surface area contributed by atoms with Crippen molar-refractivity contribution in [2.75, 3.05) is 19.7 Å². The van der Waals surface area contributed by atoms with Crippen LogP contribution in [-0.2, 0) is 9.53 Å². The third-order valence-corrected chi connectivity index (χ3v) is 2.95. The van der Waals surface area contributed by atoms with E-state index in [9.17, 15) is 19.8 Å². The SMILES string of the molecule is CC(C)(C)OC(=O)N[C@@H](CO)C(=O)N1CCC(O)CC1. The third kappa shape index (κ3) is 5.34. The first kappa shape index (κ1) is 16.7. The zero-order valence-corrected chi connectivity index (χ0v) is 12.3. The van der Waals surface area contributed by atoms with E-state index in [1.807, 2.05) is 0 Å². The van der Waals surface area contributed by atoms with Crippen molar-refractivity contribution >= 4 is 12.0 Å². The van der Waals surface area contributed by atoms with Crippen LogP contribution < -0.4 is 5.32 Å². The number of piperidine rings is 1. The summed E-state index contributed by atoms with van der Waals surface area (Å²) in [5, 5.41) is 21.0. The van der Waals surface area contributed by atoms with Gasteiger partial charge in [-0.05, 0) is 33.6 Å². The van der Waals surface area contributed by atoms with Gasteiger partial charge in [0, 0.05) is 13.1 Å². The monoisotopic (exact) mass is 288 g/mol. The number of hydrogen-bond donors (Lipinski definition) is 3. The summed E-state index contributed by atoms with van der Waals surface area (Å²) in [6.45, 7) is 5.51. The zero-order chi connectivity index (χ0) is 15.3. The lowest BCUT2D eigenvalue weighted by Crippen LogP contribution is -2.53. The Hall–Kier alpha value is -1.34. The molecule has 20 heavy (non-hydrogen) atoms. The highest BCUT2D eigenvalue weighted by Gasteiger charge is 2.29. The predicted molar refractivity (Wildman–Crippen MR) is 72.1 cm³/mol. The Kier molecular flexibility index (Phi) is 5.76. The normalized spacial score (nSPS) is 18.6. The minimum absolute atomic E-state index is 0.356. The molecular weight excluding hydrogens is 264 g/mol. The lowest BCUT2D eigenvalue weighted by atomic mass is 10.1. The number of carbonyl (C=O) groups is 2. The van der Waals surface area contributed by atoms with Crippen molar-refractivity contribution in [3.63, 3.8) is 0 Å². The quantitative estimate of drug-likeness (QED) is 0.671. The number of hydrogen-bond acceptors (Lipinski definition) is 5. The van der Waals surface area contributed by atoms with E-state index in [1.54, 1.807) is 20.8 Å². The van der Waals surface area contributed by atoms with E-state index in [0.717, 1.165) is 0 Å². The first-order valence-electron chi connectivity index (χ1n) is 6.80. The van der Waals surface area contributed by atoms with Gasteiger partial charge in [-0.1, -0.05) is 0 Å². The van der Waals surface area contributed by atoms with Crippen molar-refractivity contribution in [2.45, 2.75) is 51.4 Å². The molecule has 1 atom stereocenters. The van der Waals surface area contributed by atoms with Crippen molar-refractivity contribution in [3.8, 4) is 0 Å². The molecule has 0 aromatic heterocycles. The average Bonchev–Trinajstić information content (AvgIpc) is 2.34. The van der Waals surface area contributed by atoms with Gasteiger partial charge < -0.3 is 25.2 Å². The van der Waals surface area contributed by atoms with Crippen molar-refractivity contribution in [1.29, 1.82) is 0 Å². The molecule has 0 saturated carbocycles. The number of amides is 2. The molecule has 3 N–H and O–H groups in total. The van der Waals surface area contributed by atoms with Crippen LogP contribution in [0.15, 0.2) is 0 Å². The van der Waals surface area contributed by atoms with E-state index in [4.69, 9.17) is 4.74 Å². The molecule has 7 heteroatoms. The molecule has 0 aliphatic carbocycles. The topological polar surface area (TPSA) is 99.1 Å². The van der Waals surface area contributed by atoms with Gasteiger partial charge in [-0.3, -0.25) is 4.79 Å². The second-order valence-electron chi connectivity index (χ2n) is 5.94. The highest BCUT2D eigenvalue weighted by molar-refractivity contribution is 5.86. The van der Waals surface area contributed by atoms with Crippen molar-refractivity contribution < 1.29 is 24.5 Å². The second kappa shape index (κ2) is 6.90. The number of nitrogens with one attached hydrogen (secondary N) is 1. The summed E-state index contributed by atoms with van der Waals surface area (Å²) in [5.41, 5.74) is -0.664. The molecule has 1 fully saturated rings. The summed E-state index contributed by atoms with van der Waals surface area (Å²) in [4.78, 5) is 25.3. The number of aliphatic hydroxyl groups is 2. The van der Waals surface area contributed by atoms with E-state index in [2.05, 4.69) is 5.32 Å². The second-order valence-corrected chi connectivity index (χ2v) is 5.94. The van der Waals surface area contributed by atoms with E-state index >= 15 is 0 Å². The molecule has 1 saturated heterocycles. The minimum Gasteiger partial charge on any atom is -0.444 e. The summed E-state index contributed by atoms with van der Waals surface area (Å²) in [6, 6.07) is -1.01. The van der Waals surface area contributed by atoms with E-state index in [1.165, 1.54) is 4.90 Å². The maximum absolute atomic E-state index is 12.2. The lowest BCUT2D eigenvalue weighted by molar-refractivity contribution is -0.136. The predicted octanol–water partition coefficient (Wildman–Crippen LogP) is -0.145. The van der Waals surface area contributed by atoms with Crippen LogP contribution in [0.1, 0.15) is 33.6 Å². The smallest absolute Gasteiger partial charge is 0.408 e. The maximum atomic E-state index is 12.2. The summed E-state index contributed by atoms with van der Waals surface area (Å²) >= 11 is 0. The number of rotatable bonds is 3. The standard InChI is InChI=1S/C13H24N2O5/c1-13(2,3)20-12(19)14-10(8-16)11(18)15-6-4-9(17)5-7-15/h9-10,16-17H,4-8H2,1-3H3,(H,14,19)/t10-/m0/s1. The van der Waals surface area contributed by atoms with Crippen LogP contribution in [0.25, 0.3) is 0 Å². The molecule has 0 radical (unpaired) electrons. The molecular formula is C13H24N2O5. The van der Waals surface area contributed by atoms with Gasteiger partial charge in [0.05, 0.1) is 12.7 Å². The van der Waals surface area contributed by atoms with E-state index in [-0.39, 0.29) is 12.0 Å². The number of alkyl carbamates (subject to hydrolysis) is 1. The number of likely N-dealkylation sites (tertiary alicyclic amines) is 1. The highest BCUT2D eigenvalue weighted by Crippen LogP contribution is 2.12. The molecule has 1 aliphatic heterocycles. The van der Waals surface area contributed by atoms with Crippen LogP contribution in [0.3, 0.4) is 0 Å². The fraction of sp³-hybridized carbons (Fsp3) is 0.846. The Morgan fingerprint density at radius 3 is 2.35 bits per heavy atom. The molecule has 0 spiro atoms.